The highest BCUT2D eigenvalue weighted by Crippen LogP contribution is 2.52. The SMILES string of the molecule is O=C(NNC1=C2CC3CC(C2)CC1C3)c1ccc(O)cc1. The number of carbonyl (C=O) groups is 1. The Morgan fingerprint density at radius 2 is 1.71 bits per heavy atom. The largest absolute Gasteiger partial charge is 0.508 e. The van der Waals surface area contributed by atoms with E-state index in [1.54, 1.807) is 12.1 Å². The Morgan fingerprint density at radius 1 is 1.05 bits per heavy atom. The molecule has 2 unspecified atom stereocenters. The molecule has 1 aromatic rings. The third-order valence-corrected chi connectivity index (χ3v) is 5.20. The van der Waals surface area contributed by atoms with Crippen molar-refractivity contribution in [2.75, 3.05) is 0 Å². The first kappa shape index (κ1) is 12.7. The molecule has 2 fully saturated rings. The van der Waals surface area contributed by atoms with Gasteiger partial charge in [-0.2, -0.15) is 0 Å². The van der Waals surface area contributed by atoms with Crippen molar-refractivity contribution in [1.82, 2.24) is 10.9 Å². The van der Waals surface area contributed by atoms with Crippen molar-refractivity contribution in [2.24, 2.45) is 17.8 Å². The normalized spacial score (nSPS) is 29.6. The Hall–Kier alpha value is -1.97. The quantitative estimate of drug-likeness (QED) is 0.748. The van der Waals surface area contributed by atoms with Gasteiger partial charge in [-0.1, -0.05) is 0 Å². The minimum Gasteiger partial charge on any atom is -0.508 e. The number of amides is 1. The van der Waals surface area contributed by atoms with Crippen LogP contribution in [0.3, 0.4) is 0 Å². The van der Waals surface area contributed by atoms with Gasteiger partial charge in [0, 0.05) is 17.2 Å². The summed E-state index contributed by atoms with van der Waals surface area (Å²) in [6, 6.07) is 6.31. The van der Waals surface area contributed by atoms with Gasteiger partial charge in [0.1, 0.15) is 5.75 Å². The van der Waals surface area contributed by atoms with E-state index in [2.05, 4.69) is 10.9 Å². The van der Waals surface area contributed by atoms with Gasteiger partial charge in [0.15, 0.2) is 0 Å². The Morgan fingerprint density at radius 3 is 2.33 bits per heavy atom. The summed E-state index contributed by atoms with van der Waals surface area (Å²) in [5, 5.41) is 9.26. The number of allylic oxidation sites excluding steroid dienone is 2. The average molecular weight is 284 g/mol. The fraction of sp³-hybridized carbons (Fsp3) is 0.471. The van der Waals surface area contributed by atoms with E-state index in [0.29, 0.717) is 11.5 Å². The van der Waals surface area contributed by atoms with Crippen molar-refractivity contribution in [3.8, 4) is 5.75 Å². The third-order valence-electron chi connectivity index (χ3n) is 5.20. The van der Waals surface area contributed by atoms with Crippen molar-refractivity contribution >= 4 is 5.91 Å². The van der Waals surface area contributed by atoms with Crippen LogP contribution in [-0.4, -0.2) is 11.0 Å². The molecule has 0 heterocycles. The lowest BCUT2D eigenvalue weighted by Gasteiger charge is -2.47. The van der Waals surface area contributed by atoms with Gasteiger partial charge in [0.2, 0.25) is 0 Å². The van der Waals surface area contributed by atoms with E-state index in [4.69, 9.17) is 0 Å². The molecule has 4 bridgehead atoms. The van der Waals surface area contributed by atoms with Gasteiger partial charge in [-0.15, -0.1) is 0 Å². The van der Waals surface area contributed by atoms with Crippen LogP contribution in [0.5, 0.6) is 5.75 Å². The maximum absolute atomic E-state index is 12.1. The molecule has 0 aliphatic heterocycles. The highest BCUT2D eigenvalue weighted by molar-refractivity contribution is 5.94. The van der Waals surface area contributed by atoms with Crippen LogP contribution in [0.25, 0.3) is 0 Å². The Bertz CT molecular complexity index is 590. The minimum atomic E-state index is -0.156. The van der Waals surface area contributed by atoms with Crippen molar-refractivity contribution in [3.05, 3.63) is 41.1 Å². The number of nitrogens with one attached hydrogen (secondary N) is 2. The lowest BCUT2D eigenvalue weighted by atomic mass is 9.60. The Kier molecular flexibility index (Phi) is 2.91. The summed E-state index contributed by atoms with van der Waals surface area (Å²) >= 11 is 0. The number of hydrogen-bond donors (Lipinski definition) is 3. The monoisotopic (exact) mass is 284 g/mol. The topological polar surface area (TPSA) is 61.4 Å². The summed E-state index contributed by atoms with van der Waals surface area (Å²) in [5.41, 5.74) is 9.37. The molecule has 4 aliphatic carbocycles. The average Bonchev–Trinajstić information content (AvgIpc) is 2.46. The van der Waals surface area contributed by atoms with E-state index in [9.17, 15) is 9.90 Å². The number of aromatic hydroxyl groups is 1. The molecule has 21 heavy (non-hydrogen) atoms. The fourth-order valence-corrected chi connectivity index (χ4v) is 4.42. The van der Waals surface area contributed by atoms with Crippen LogP contribution in [-0.2, 0) is 0 Å². The third kappa shape index (κ3) is 2.28. The second-order valence-electron chi connectivity index (χ2n) is 6.69. The number of phenols is 1. The summed E-state index contributed by atoms with van der Waals surface area (Å²) in [5.74, 6) is 2.40. The van der Waals surface area contributed by atoms with E-state index >= 15 is 0 Å². The predicted octanol–water partition coefficient (Wildman–Crippen LogP) is 2.72. The van der Waals surface area contributed by atoms with Crippen LogP contribution in [0.15, 0.2) is 35.5 Å². The van der Waals surface area contributed by atoms with E-state index < -0.39 is 0 Å². The van der Waals surface area contributed by atoms with Crippen molar-refractivity contribution in [2.45, 2.75) is 32.1 Å². The van der Waals surface area contributed by atoms with E-state index in [1.807, 2.05) is 0 Å². The Balaban J connectivity index is 1.45. The molecule has 0 spiro atoms. The first-order valence-corrected chi connectivity index (χ1v) is 7.76. The predicted molar refractivity (Wildman–Crippen MR) is 79.3 cm³/mol. The molecule has 1 amide bonds. The lowest BCUT2D eigenvalue weighted by Crippen LogP contribution is -2.45. The zero-order chi connectivity index (χ0) is 14.4. The molecule has 2 saturated carbocycles. The van der Waals surface area contributed by atoms with Crippen LogP contribution in [0.2, 0.25) is 0 Å². The van der Waals surface area contributed by atoms with Crippen molar-refractivity contribution in [3.63, 3.8) is 0 Å². The van der Waals surface area contributed by atoms with Crippen LogP contribution in [0.4, 0.5) is 0 Å². The number of hydrazine groups is 1. The number of hydrogen-bond acceptors (Lipinski definition) is 3. The minimum absolute atomic E-state index is 0.156. The first-order valence-electron chi connectivity index (χ1n) is 7.76. The molecule has 5 rings (SSSR count). The maximum Gasteiger partial charge on any atom is 0.269 e. The molecule has 4 aliphatic rings. The number of carbonyl (C=O) groups excluding carboxylic acids is 1. The highest BCUT2D eigenvalue weighted by Gasteiger charge is 2.41. The van der Waals surface area contributed by atoms with Crippen molar-refractivity contribution in [1.29, 1.82) is 0 Å². The lowest BCUT2D eigenvalue weighted by molar-refractivity contribution is 0.0925. The molecule has 0 saturated heterocycles. The Labute approximate surface area is 124 Å². The summed E-state index contributed by atoms with van der Waals surface area (Å²) in [4.78, 5) is 12.1. The van der Waals surface area contributed by atoms with Crippen LogP contribution >= 0.6 is 0 Å². The van der Waals surface area contributed by atoms with Gasteiger partial charge in [-0.05, 0) is 73.8 Å². The molecule has 1 aromatic carbocycles. The van der Waals surface area contributed by atoms with Gasteiger partial charge in [-0.3, -0.25) is 10.2 Å². The van der Waals surface area contributed by atoms with Crippen LogP contribution < -0.4 is 10.9 Å². The molecule has 0 aromatic heterocycles. The van der Waals surface area contributed by atoms with Gasteiger partial charge >= 0.3 is 0 Å². The maximum atomic E-state index is 12.1. The summed E-state index contributed by atoms with van der Waals surface area (Å²) in [7, 11) is 0. The first-order chi connectivity index (χ1) is 10.2. The molecule has 2 atom stereocenters. The van der Waals surface area contributed by atoms with Crippen molar-refractivity contribution < 1.29 is 9.90 Å². The molecule has 110 valence electrons. The van der Waals surface area contributed by atoms with Crippen LogP contribution in [0, 0.1) is 17.8 Å². The molecular formula is C17H20N2O2. The second-order valence-corrected chi connectivity index (χ2v) is 6.69. The molecule has 0 radical (unpaired) electrons. The summed E-state index contributed by atoms with van der Waals surface area (Å²) < 4.78 is 0. The fourth-order valence-electron chi connectivity index (χ4n) is 4.42. The molecule has 3 N–H and O–H groups in total. The molecular weight excluding hydrogens is 264 g/mol. The standard InChI is InChI=1S/C17H20N2O2/c20-15-3-1-12(2-4-15)17(21)19-18-16-13-6-10-5-11(8-13)9-14(16)7-10/h1-4,10-11,13,18,20H,5-9H2,(H,19,21). The smallest absolute Gasteiger partial charge is 0.269 e. The molecule has 4 heteroatoms. The number of rotatable bonds is 3. The van der Waals surface area contributed by atoms with Gasteiger partial charge in [0.05, 0.1) is 0 Å². The second kappa shape index (κ2) is 4.79. The molecule has 4 nitrogen and oxygen atoms in total. The highest BCUT2D eigenvalue weighted by atomic mass is 16.3. The van der Waals surface area contributed by atoms with E-state index in [0.717, 1.165) is 11.8 Å². The van der Waals surface area contributed by atoms with E-state index in [-0.39, 0.29) is 11.7 Å². The zero-order valence-corrected chi connectivity index (χ0v) is 11.9. The van der Waals surface area contributed by atoms with Gasteiger partial charge < -0.3 is 10.5 Å². The van der Waals surface area contributed by atoms with Gasteiger partial charge in [0.25, 0.3) is 5.91 Å². The van der Waals surface area contributed by atoms with E-state index in [1.165, 1.54) is 55.5 Å². The van der Waals surface area contributed by atoms with Crippen LogP contribution in [0.1, 0.15) is 42.5 Å². The van der Waals surface area contributed by atoms with Gasteiger partial charge in [-0.25, -0.2) is 0 Å². The number of benzene rings is 1. The summed E-state index contributed by atoms with van der Waals surface area (Å²) in [6.45, 7) is 0. The zero-order valence-electron chi connectivity index (χ0n) is 11.9. The summed E-state index contributed by atoms with van der Waals surface area (Å²) in [6.07, 6.45) is 6.39. The number of phenolic OH excluding ortho intramolecular Hbond substituents is 1.